The van der Waals surface area contributed by atoms with Gasteiger partial charge in [0.1, 0.15) is 5.82 Å². The van der Waals surface area contributed by atoms with Crippen molar-refractivity contribution < 1.29 is 18.8 Å². The minimum absolute atomic E-state index is 0.0659. The van der Waals surface area contributed by atoms with Crippen LogP contribution in [0.4, 0.5) is 14.9 Å². The van der Waals surface area contributed by atoms with E-state index >= 15 is 0 Å². The largest absolute Gasteiger partial charge is 0.330 e. The molecule has 7 nitrogen and oxygen atoms in total. The topological polar surface area (TPSA) is 73.0 Å². The Morgan fingerprint density at radius 1 is 0.970 bits per heavy atom. The number of urea groups is 1. The summed E-state index contributed by atoms with van der Waals surface area (Å²) in [6, 6.07) is 12.2. The summed E-state index contributed by atoms with van der Waals surface area (Å²) < 4.78 is 13.7. The van der Waals surface area contributed by atoms with Gasteiger partial charge in [0, 0.05) is 44.5 Å². The van der Waals surface area contributed by atoms with Gasteiger partial charge in [-0.1, -0.05) is 35.9 Å². The quantitative estimate of drug-likeness (QED) is 0.724. The highest BCUT2D eigenvalue weighted by Gasteiger charge is 2.38. The van der Waals surface area contributed by atoms with Gasteiger partial charge in [0.25, 0.3) is 0 Å². The van der Waals surface area contributed by atoms with Gasteiger partial charge in [0.05, 0.1) is 0 Å². The van der Waals surface area contributed by atoms with Crippen LogP contribution in [-0.2, 0) is 16.1 Å². The summed E-state index contributed by atoms with van der Waals surface area (Å²) in [5.41, 5.74) is 3.09. The number of carbonyl (C=O) groups is 3. The van der Waals surface area contributed by atoms with Crippen molar-refractivity contribution in [1.82, 2.24) is 14.7 Å². The molecule has 2 heterocycles. The molecule has 0 radical (unpaired) electrons. The summed E-state index contributed by atoms with van der Waals surface area (Å²) in [6.45, 7) is 6.03. The van der Waals surface area contributed by atoms with Crippen molar-refractivity contribution in [3.8, 4) is 0 Å². The Morgan fingerprint density at radius 3 is 2.33 bits per heavy atom. The fourth-order valence-corrected chi connectivity index (χ4v) is 4.36. The summed E-state index contributed by atoms with van der Waals surface area (Å²) in [6.07, 6.45) is 1.21. The lowest BCUT2D eigenvalue weighted by atomic mass is 10.0. The SMILES string of the molecule is Cc1ccc(CN2CCN(C3CCN(C(=O)Nc4ccc(C)c(F)c4)CC3)C(=O)C2=O)cc1. The van der Waals surface area contributed by atoms with Crippen molar-refractivity contribution in [3.05, 3.63) is 65.0 Å². The number of aryl methyl sites for hydroxylation is 2. The van der Waals surface area contributed by atoms with Gasteiger partial charge in [-0.05, 0) is 49.9 Å². The van der Waals surface area contributed by atoms with Crippen LogP contribution in [0, 0.1) is 19.7 Å². The number of halogens is 1. The van der Waals surface area contributed by atoms with Crippen LogP contribution < -0.4 is 5.32 Å². The molecule has 0 aromatic heterocycles. The molecule has 0 unspecified atom stereocenters. The molecule has 0 saturated carbocycles. The minimum Gasteiger partial charge on any atom is -0.330 e. The number of rotatable bonds is 4. The van der Waals surface area contributed by atoms with Gasteiger partial charge in [-0.3, -0.25) is 9.59 Å². The highest BCUT2D eigenvalue weighted by molar-refractivity contribution is 6.35. The summed E-state index contributed by atoms with van der Waals surface area (Å²) in [4.78, 5) is 43.0. The van der Waals surface area contributed by atoms with Crippen LogP contribution in [0.2, 0.25) is 0 Å². The maximum atomic E-state index is 13.7. The second kappa shape index (κ2) is 9.60. The number of carbonyl (C=O) groups excluding carboxylic acids is 3. The second-order valence-corrected chi connectivity index (χ2v) is 8.82. The maximum Gasteiger partial charge on any atom is 0.321 e. The Hall–Kier alpha value is -3.42. The number of piperidine rings is 1. The molecule has 1 N–H and O–H groups in total. The summed E-state index contributed by atoms with van der Waals surface area (Å²) in [5.74, 6) is -1.30. The van der Waals surface area contributed by atoms with Gasteiger partial charge < -0.3 is 20.0 Å². The Bertz CT molecular complexity index is 1050. The summed E-state index contributed by atoms with van der Waals surface area (Å²) >= 11 is 0. The lowest BCUT2D eigenvalue weighted by Gasteiger charge is -2.42. The monoisotopic (exact) mass is 452 g/mol. The van der Waals surface area contributed by atoms with E-state index in [1.807, 2.05) is 31.2 Å². The van der Waals surface area contributed by atoms with Gasteiger partial charge in [-0.25, -0.2) is 9.18 Å². The average molecular weight is 453 g/mol. The van der Waals surface area contributed by atoms with E-state index in [1.165, 1.54) is 6.07 Å². The fourth-order valence-electron chi connectivity index (χ4n) is 4.36. The van der Waals surface area contributed by atoms with E-state index in [-0.39, 0.29) is 17.9 Å². The lowest BCUT2D eigenvalue weighted by molar-refractivity contribution is -0.158. The van der Waals surface area contributed by atoms with E-state index in [1.54, 1.807) is 33.8 Å². The van der Waals surface area contributed by atoms with E-state index in [2.05, 4.69) is 5.32 Å². The molecule has 0 atom stereocenters. The predicted molar refractivity (Wildman–Crippen MR) is 123 cm³/mol. The third-order valence-corrected chi connectivity index (χ3v) is 6.45. The third-order valence-electron chi connectivity index (χ3n) is 6.45. The number of amides is 4. The molecule has 0 aliphatic carbocycles. The first-order valence-electron chi connectivity index (χ1n) is 11.3. The number of nitrogens with zero attached hydrogens (tertiary/aromatic N) is 3. The highest BCUT2D eigenvalue weighted by Crippen LogP contribution is 2.22. The zero-order valence-electron chi connectivity index (χ0n) is 19.0. The molecule has 2 saturated heterocycles. The van der Waals surface area contributed by atoms with E-state index in [4.69, 9.17) is 0 Å². The summed E-state index contributed by atoms with van der Waals surface area (Å²) in [7, 11) is 0. The van der Waals surface area contributed by atoms with E-state index in [0.717, 1.165) is 11.1 Å². The molecule has 4 rings (SSSR count). The first kappa shape index (κ1) is 22.8. The van der Waals surface area contributed by atoms with Gasteiger partial charge >= 0.3 is 17.8 Å². The number of benzene rings is 2. The Kier molecular flexibility index (Phi) is 6.62. The van der Waals surface area contributed by atoms with Crippen molar-refractivity contribution in [1.29, 1.82) is 0 Å². The molecule has 2 fully saturated rings. The Morgan fingerprint density at radius 2 is 1.67 bits per heavy atom. The second-order valence-electron chi connectivity index (χ2n) is 8.82. The molecule has 8 heteroatoms. The van der Waals surface area contributed by atoms with Crippen LogP contribution in [0.3, 0.4) is 0 Å². The highest BCUT2D eigenvalue weighted by atomic mass is 19.1. The normalized spacial score (nSPS) is 17.5. The van der Waals surface area contributed by atoms with Crippen molar-refractivity contribution in [2.45, 2.75) is 39.3 Å². The molecule has 0 spiro atoms. The van der Waals surface area contributed by atoms with E-state index in [0.29, 0.717) is 56.8 Å². The average Bonchev–Trinajstić information content (AvgIpc) is 2.81. The standard InChI is InChI=1S/C25H29FN4O3/c1-17-3-6-19(7-4-17)16-29-13-14-30(24(32)23(29)31)21-9-11-28(12-10-21)25(33)27-20-8-5-18(2)22(26)15-20/h3-8,15,21H,9-14,16H2,1-2H3,(H,27,33). The van der Waals surface area contributed by atoms with E-state index in [9.17, 15) is 18.8 Å². The predicted octanol–water partition coefficient (Wildman–Crippen LogP) is 3.31. The first-order valence-corrected chi connectivity index (χ1v) is 11.3. The number of piperazine rings is 1. The number of anilines is 1. The van der Waals surface area contributed by atoms with Gasteiger partial charge in [-0.15, -0.1) is 0 Å². The van der Waals surface area contributed by atoms with Crippen LogP contribution in [0.15, 0.2) is 42.5 Å². The molecular formula is C25H29FN4O3. The smallest absolute Gasteiger partial charge is 0.321 e. The molecule has 174 valence electrons. The van der Waals surface area contributed by atoms with Crippen molar-refractivity contribution >= 4 is 23.5 Å². The van der Waals surface area contributed by atoms with Gasteiger partial charge in [-0.2, -0.15) is 0 Å². The first-order chi connectivity index (χ1) is 15.8. The molecule has 2 aromatic carbocycles. The van der Waals surface area contributed by atoms with Crippen LogP contribution >= 0.6 is 0 Å². The Balaban J connectivity index is 1.29. The van der Waals surface area contributed by atoms with E-state index < -0.39 is 11.8 Å². The molecule has 33 heavy (non-hydrogen) atoms. The zero-order valence-corrected chi connectivity index (χ0v) is 19.0. The van der Waals surface area contributed by atoms with Crippen LogP contribution in [-0.4, -0.2) is 64.8 Å². The zero-order chi connectivity index (χ0) is 23.5. The third kappa shape index (κ3) is 5.16. The van der Waals surface area contributed by atoms with Crippen LogP contribution in [0.25, 0.3) is 0 Å². The molecule has 2 aliphatic rings. The van der Waals surface area contributed by atoms with Gasteiger partial charge in [0.2, 0.25) is 0 Å². The lowest BCUT2D eigenvalue weighted by Crippen LogP contribution is -2.59. The molecular weight excluding hydrogens is 423 g/mol. The van der Waals surface area contributed by atoms with Crippen molar-refractivity contribution in [2.24, 2.45) is 0 Å². The van der Waals surface area contributed by atoms with Crippen LogP contribution in [0.1, 0.15) is 29.5 Å². The number of likely N-dealkylation sites (tertiary alicyclic amines) is 1. The molecule has 2 aromatic rings. The number of nitrogens with one attached hydrogen (secondary N) is 1. The molecule has 0 bridgehead atoms. The van der Waals surface area contributed by atoms with Crippen molar-refractivity contribution in [3.63, 3.8) is 0 Å². The van der Waals surface area contributed by atoms with Gasteiger partial charge in [0.15, 0.2) is 0 Å². The van der Waals surface area contributed by atoms with Crippen molar-refractivity contribution in [2.75, 3.05) is 31.5 Å². The Labute approximate surface area is 193 Å². The summed E-state index contributed by atoms with van der Waals surface area (Å²) in [5, 5.41) is 2.73. The fraction of sp³-hybridized carbons (Fsp3) is 0.400. The van der Waals surface area contributed by atoms with Crippen LogP contribution in [0.5, 0.6) is 0 Å². The number of hydrogen-bond donors (Lipinski definition) is 1. The maximum absolute atomic E-state index is 13.7. The molecule has 4 amide bonds. The minimum atomic E-state index is -0.469. The molecule has 2 aliphatic heterocycles. The number of hydrogen-bond acceptors (Lipinski definition) is 3.